The minimum Gasteiger partial charge on any atom is -0.465 e. The number of amides is 2. The molecule has 0 aliphatic heterocycles. The number of ether oxygens (including phenoxy) is 2. The predicted octanol–water partition coefficient (Wildman–Crippen LogP) is 12.3. The van der Waals surface area contributed by atoms with Crippen molar-refractivity contribution in [1.82, 2.24) is 10.6 Å². The summed E-state index contributed by atoms with van der Waals surface area (Å²) in [7, 11) is -4.30. The van der Waals surface area contributed by atoms with Crippen molar-refractivity contribution in [3.05, 3.63) is 0 Å². The Morgan fingerprint density at radius 2 is 0.918 bits per heavy atom. The van der Waals surface area contributed by atoms with Crippen molar-refractivity contribution in [2.75, 3.05) is 24.7 Å². The molecule has 0 radical (unpaired) electrons. The summed E-state index contributed by atoms with van der Waals surface area (Å²) in [5.41, 5.74) is -0.724. The van der Waals surface area contributed by atoms with E-state index in [0.717, 1.165) is 57.8 Å². The Hall–Kier alpha value is -1.86. The molecule has 0 aliphatic carbocycles. The van der Waals surface area contributed by atoms with E-state index < -0.39 is 33.3 Å². The van der Waals surface area contributed by atoms with E-state index in [9.17, 15) is 27.6 Å². The van der Waals surface area contributed by atoms with Crippen LogP contribution in [0, 0.1) is 0 Å². The van der Waals surface area contributed by atoms with Gasteiger partial charge in [-0.3, -0.25) is 23.7 Å². The molecule has 61 heavy (non-hydrogen) atoms. The molecule has 0 saturated carbocycles. The van der Waals surface area contributed by atoms with Crippen molar-refractivity contribution in [3.8, 4) is 0 Å². The summed E-state index contributed by atoms with van der Waals surface area (Å²) in [6.45, 7) is 6.39. The molecule has 2 atom stereocenters. The highest BCUT2D eigenvalue weighted by molar-refractivity contribution is 7.99. The normalized spacial score (nSPS) is 12.5. The van der Waals surface area contributed by atoms with Crippen molar-refractivity contribution >= 4 is 45.6 Å². The number of carbonyl (C=O) groups is 4. The lowest BCUT2D eigenvalue weighted by molar-refractivity contribution is -0.147. The van der Waals surface area contributed by atoms with Crippen LogP contribution in [0.15, 0.2) is 0 Å². The molecule has 0 rings (SSSR count). The maximum Gasteiger partial charge on any atom is 0.306 e. The third kappa shape index (κ3) is 43.2. The molecule has 1 unspecified atom stereocenters. The Kier molecular flexibility index (Phi) is 42.1. The van der Waals surface area contributed by atoms with Gasteiger partial charge < -0.3 is 20.1 Å². The van der Waals surface area contributed by atoms with Gasteiger partial charge in [-0.25, -0.2) is 0 Å². The SMILES string of the molecule is CCCCCCCCCCCCCCCC(=O)N[C@@H](CSC(CCOC(=O)CCCCCCCCCCC)OC(=O)CCCCCCCCCCC)C(=O)NCCS(=O)(=O)O. The number of carbonyl (C=O) groups excluding carboxylic acids is 4. The fraction of sp³-hybridized carbons (Fsp3) is 0.917. The number of rotatable bonds is 46. The monoisotopic (exact) mass is 905 g/mol. The minimum atomic E-state index is -4.30. The Labute approximate surface area is 378 Å². The van der Waals surface area contributed by atoms with E-state index in [1.165, 1.54) is 140 Å². The molecule has 0 aromatic heterocycles. The molecule has 0 heterocycles. The molecule has 2 amide bonds. The summed E-state index contributed by atoms with van der Waals surface area (Å²) in [6.07, 6.45) is 37.0. The minimum absolute atomic E-state index is 0.0461. The number of nitrogens with one attached hydrogen (secondary N) is 2. The first kappa shape index (κ1) is 59.1. The van der Waals surface area contributed by atoms with Crippen LogP contribution in [0.2, 0.25) is 0 Å². The van der Waals surface area contributed by atoms with Crippen molar-refractivity contribution in [2.24, 2.45) is 0 Å². The molecule has 0 saturated heterocycles. The van der Waals surface area contributed by atoms with Crippen LogP contribution in [0.25, 0.3) is 0 Å². The predicted molar refractivity (Wildman–Crippen MR) is 253 cm³/mol. The molecule has 13 heteroatoms. The summed E-state index contributed by atoms with van der Waals surface area (Å²) in [5.74, 6) is -2.14. The quantitative estimate of drug-likeness (QED) is 0.0232. The molecule has 0 aromatic carbocycles. The van der Waals surface area contributed by atoms with Gasteiger partial charge in [-0.1, -0.05) is 201 Å². The zero-order valence-electron chi connectivity index (χ0n) is 39.3. The average molecular weight is 905 g/mol. The Bertz CT molecular complexity index is 1170. The van der Waals surface area contributed by atoms with Crippen LogP contribution in [0.4, 0.5) is 0 Å². The molecule has 0 aromatic rings. The van der Waals surface area contributed by atoms with Crippen molar-refractivity contribution in [2.45, 2.75) is 257 Å². The highest BCUT2D eigenvalue weighted by atomic mass is 32.2. The number of thioether (sulfide) groups is 1. The largest absolute Gasteiger partial charge is 0.465 e. The van der Waals surface area contributed by atoms with E-state index in [-0.39, 0.29) is 56.0 Å². The lowest BCUT2D eigenvalue weighted by Gasteiger charge is -2.22. The van der Waals surface area contributed by atoms with Crippen LogP contribution in [0.1, 0.15) is 245 Å². The van der Waals surface area contributed by atoms with E-state index in [2.05, 4.69) is 31.4 Å². The molecule has 11 nitrogen and oxygen atoms in total. The second-order valence-electron chi connectivity index (χ2n) is 17.1. The molecule has 3 N–H and O–H groups in total. The number of esters is 2. The van der Waals surface area contributed by atoms with E-state index in [1.54, 1.807) is 0 Å². The fourth-order valence-corrected chi connectivity index (χ4v) is 8.71. The zero-order chi connectivity index (χ0) is 45.1. The van der Waals surface area contributed by atoms with Gasteiger partial charge in [0.2, 0.25) is 11.8 Å². The van der Waals surface area contributed by atoms with Gasteiger partial charge in [0.05, 0.1) is 12.4 Å². The van der Waals surface area contributed by atoms with Gasteiger partial charge in [-0.2, -0.15) is 8.42 Å². The van der Waals surface area contributed by atoms with Gasteiger partial charge in [0.1, 0.15) is 6.04 Å². The van der Waals surface area contributed by atoms with Gasteiger partial charge in [0, 0.05) is 38.0 Å². The first-order valence-electron chi connectivity index (χ1n) is 25.0. The fourth-order valence-electron chi connectivity index (χ4n) is 7.27. The van der Waals surface area contributed by atoms with Crippen LogP contribution in [-0.4, -0.2) is 72.9 Å². The van der Waals surface area contributed by atoms with Gasteiger partial charge in [0.25, 0.3) is 10.1 Å². The van der Waals surface area contributed by atoms with Crippen LogP contribution in [0.3, 0.4) is 0 Å². The van der Waals surface area contributed by atoms with E-state index >= 15 is 0 Å². The van der Waals surface area contributed by atoms with Crippen LogP contribution < -0.4 is 10.6 Å². The standard InChI is InChI=1S/C48H92N2O9S2/c1-4-7-10-13-16-19-20-21-22-25-26-29-32-35-44(51)50-43(48(54)49-39-41-61(55,56)57)42-60-47(59-46(53)37-34-31-28-24-18-15-12-9-6-3)38-40-58-45(52)36-33-30-27-23-17-14-11-8-5-2/h43,47H,4-42H2,1-3H3,(H,49,54)(H,50,51)(H,55,56,57)/t43-,47?/m0/s1. The van der Waals surface area contributed by atoms with Crippen LogP contribution >= 0.6 is 11.8 Å². The number of hydrogen-bond donors (Lipinski definition) is 3. The summed E-state index contributed by atoms with van der Waals surface area (Å²) in [5, 5.41) is 5.30. The molecular weight excluding hydrogens is 813 g/mol. The average Bonchev–Trinajstić information content (AvgIpc) is 3.22. The van der Waals surface area contributed by atoms with Gasteiger partial charge in [-0.15, -0.1) is 11.8 Å². The second-order valence-corrected chi connectivity index (χ2v) is 19.9. The highest BCUT2D eigenvalue weighted by Crippen LogP contribution is 2.21. The van der Waals surface area contributed by atoms with E-state index in [1.807, 2.05) is 0 Å². The maximum atomic E-state index is 13.2. The Balaban J connectivity index is 5.12. The smallest absolute Gasteiger partial charge is 0.306 e. The summed E-state index contributed by atoms with van der Waals surface area (Å²) >= 11 is 1.18. The number of unbranched alkanes of at least 4 members (excludes halogenated alkanes) is 28. The summed E-state index contributed by atoms with van der Waals surface area (Å²) in [4.78, 5) is 51.8. The molecule has 0 bridgehead atoms. The lowest BCUT2D eigenvalue weighted by atomic mass is 10.0. The summed E-state index contributed by atoms with van der Waals surface area (Å²) < 4.78 is 43.1. The topological polar surface area (TPSA) is 165 Å². The van der Waals surface area contributed by atoms with Crippen LogP contribution in [0.5, 0.6) is 0 Å². The molecular formula is C48H92N2O9S2. The van der Waals surface area contributed by atoms with E-state index in [4.69, 9.17) is 14.0 Å². The van der Waals surface area contributed by atoms with Gasteiger partial charge >= 0.3 is 11.9 Å². The van der Waals surface area contributed by atoms with Gasteiger partial charge in [0.15, 0.2) is 5.44 Å². The molecule has 0 spiro atoms. The first-order valence-corrected chi connectivity index (χ1v) is 27.7. The lowest BCUT2D eigenvalue weighted by Crippen LogP contribution is -2.49. The second kappa shape index (κ2) is 43.4. The van der Waals surface area contributed by atoms with Crippen molar-refractivity contribution < 1.29 is 41.6 Å². The Morgan fingerprint density at radius 1 is 0.541 bits per heavy atom. The molecule has 360 valence electrons. The molecule has 0 fully saturated rings. The van der Waals surface area contributed by atoms with Crippen molar-refractivity contribution in [1.29, 1.82) is 0 Å². The van der Waals surface area contributed by atoms with E-state index in [0.29, 0.717) is 19.3 Å². The third-order valence-corrected chi connectivity index (χ3v) is 13.1. The van der Waals surface area contributed by atoms with Gasteiger partial charge in [-0.05, 0) is 19.3 Å². The summed E-state index contributed by atoms with van der Waals surface area (Å²) in [6, 6.07) is -1.03. The van der Waals surface area contributed by atoms with Crippen LogP contribution in [-0.2, 0) is 38.8 Å². The number of hydrogen-bond acceptors (Lipinski definition) is 9. The Morgan fingerprint density at radius 3 is 1.33 bits per heavy atom. The maximum absolute atomic E-state index is 13.2. The first-order chi connectivity index (χ1) is 29.5. The third-order valence-electron chi connectivity index (χ3n) is 11.1. The molecule has 0 aliphatic rings. The highest BCUT2D eigenvalue weighted by Gasteiger charge is 2.25. The van der Waals surface area contributed by atoms with Crippen molar-refractivity contribution in [3.63, 3.8) is 0 Å². The zero-order valence-corrected chi connectivity index (χ0v) is 40.9.